The fourth-order valence-corrected chi connectivity index (χ4v) is 1.98. The maximum atomic E-state index is 10.4. The van der Waals surface area contributed by atoms with Gasteiger partial charge >= 0.3 is 0 Å². The summed E-state index contributed by atoms with van der Waals surface area (Å²) in [4.78, 5) is 8.62. The summed E-state index contributed by atoms with van der Waals surface area (Å²) in [5.74, 6) is 0. The zero-order chi connectivity index (χ0) is 10.2. The van der Waals surface area contributed by atoms with E-state index in [2.05, 4.69) is 12.1 Å². The van der Waals surface area contributed by atoms with Crippen LogP contribution in [0, 0.1) is 0 Å². The van der Waals surface area contributed by atoms with Crippen molar-refractivity contribution >= 4 is 8.03 Å². The molecule has 0 fully saturated rings. The molecule has 3 heteroatoms. The maximum absolute atomic E-state index is 10.4. The first kappa shape index (κ1) is 11.5. The average molecular weight is 212 g/mol. The van der Waals surface area contributed by atoms with E-state index in [0.29, 0.717) is 6.16 Å². The second kappa shape index (κ2) is 6.80. The lowest BCUT2D eigenvalue weighted by molar-refractivity contribution is 0.499. The van der Waals surface area contributed by atoms with Gasteiger partial charge in [0.1, 0.15) is 0 Å². The van der Waals surface area contributed by atoms with Crippen molar-refractivity contribution < 1.29 is 9.46 Å². The SMILES string of the molecule is O=[PH](O)CCCCCc1ccccc1. The highest BCUT2D eigenvalue weighted by Crippen LogP contribution is 2.16. The lowest BCUT2D eigenvalue weighted by Crippen LogP contribution is -1.86. The van der Waals surface area contributed by atoms with Crippen LogP contribution in [-0.4, -0.2) is 11.1 Å². The third-order valence-electron chi connectivity index (χ3n) is 2.20. The van der Waals surface area contributed by atoms with Gasteiger partial charge in [-0.3, -0.25) is 4.57 Å². The number of hydrogen-bond donors (Lipinski definition) is 1. The van der Waals surface area contributed by atoms with Crippen LogP contribution >= 0.6 is 8.03 Å². The van der Waals surface area contributed by atoms with Gasteiger partial charge in [0.05, 0.1) is 0 Å². The fraction of sp³-hybridized carbons (Fsp3) is 0.455. The van der Waals surface area contributed by atoms with E-state index < -0.39 is 8.03 Å². The number of benzene rings is 1. The molecular formula is C11H17O2P. The molecule has 78 valence electrons. The van der Waals surface area contributed by atoms with E-state index in [9.17, 15) is 4.57 Å². The van der Waals surface area contributed by atoms with Gasteiger partial charge in [0.2, 0.25) is 0 Å². The van der Waals surface area contributed by atoms with Gasteiger partial charge in [-0.25, -0.2) is 0 Å². The molecule has 0 bridgehead atoms. The smallest absolute Gasteiger partial charge is 0.189 e. The van der Waals surface area contributed by atoms with Crippen LogP contribution in [0.1, 0.15) is 24.8 Å². The van der Waals surface area contributed by atoms with Crippen LogP contribution in [0.2, 0.25) is 0 Å². The maximum Gasteiger partial charge on any atom is 0.189 e. The lowest BCUT2D eigenvalue weighted by Gasteiger charge is -2.00. The summed E-state index contributed by atoms with van der Waals surface area (Å²) < 4.78 is 10.4. The van der Waals surface area contributed by atoms with Crippen LogP contribution < -0.4 is 0 Å². The predicted molar refractivity (Wildman–Crippen MR) is 60.1 cm³/mol. The first-order chi connectivity index (χ1) is 6.79. The fourth-order valence-electron chi connectivity index (χ4n) is 1.43. The molecule has 0 radical (unpaired) electrons. The molecule has 0 aliphatic carbocycles. The van der Waals surface area contributed by atoms with Gasteiger partial charge in [-0.2, -0.15) is 0 Å². The van der Waals surface area contributed by atoms with Crippen molar-refractivity contribution in [3.05, 3.63) is 35.9 Å². The van der Waals surface area contributed by atoms with Crippen LogP contribution in [0.3, 0.4) is 0 Å². The molecule has 0 aromatic heterocycles. The third kappa shape index (κ3) is 5.21. The van der Waals surface area contributed by atoms with Gasteiger partial charge in [-0.1, -0.05) is 36.8 Å². The van der Waals surface area contributed by atoms with E-state index in [1.54, 1.807) is 0 Å². The molecule has 2 nitrogen and oxygen atoms in total. The Kier molecular flexibility index (Phi) is 5.58. The van der Waals surface area contributed by atoms with Gasteiger partial charge in [-0.15, -0.1) is 0 Å². The predicted octanol–water partition coefficient (Wildman–Crippen LogP) is 2.87. The summed E-state index contributed by atoms with van der Waals surface area (Å²) in [7, 11) is -2.23. The Morgan fingerprint density at radius 2 is 1.79 bits per heavy atom. The molecule has 1 atom stereocenters. The zero-order valence-electron chi connectivity index (χ0n) is 8.28. The van der Waals surface area contributed by atoms with E-state index in [1.165, 1.54) is 5.56 Å². The standard InChI is InChI=1S/C11H17O2P/c12-14(13)10-6-2-5-9-11-7-3-1-4-8-11/h1,3-4,7-8,14H,2,5-6,9-10H2,(H,12,13). The molecule has 14 heavy (non-hydrogen) atoms. The number of rotatable bonds is 6. The van der Waals surface area contributed by atoms with Gasteiger partial charge in [0.15, 0.2) is 8.03 Å². The quantitative estimate of drug-likeness (QED) is 0.581. The summed E-state index contributed by atoms with van der Waals surface area (Å²) in [6.07, 6.45) is 4.60. The molecule has 1 unspecified atom stereocenters. The van der Waals surface area contributed by atoms with Gasteiger partial charge in [-0.05, 0) is 24.8 Å². The molecule has 0 saturated heterocycles. The van der Waals surface area contributed by atoms with Gasteiger partial charge in [0.25, 0.3) is 0 Å². The Morgan fingerprint density at radius 3 is 2.43 bits per heavy atom. The van der Waals surface area contributed by atoms with Crippen LogP contribution in [0.25, 0.3) is 0 Å². The Balaban J connectivity index is 2.08. The summed E-state index contributed by atoms with van der Waals surface area (Å²) in [5.41, 5.74) is 1.35. The Bertz CT molecular complexity index is 272. The van der Waals surface area contributed by atoms with E-state index in [0.717, 1.165) is 25.7 Å². The lowest BCUT2D eigenvalue weighted by atomic mass is 10.1. The van der Waals surface area contributed by atoms with Crippen molar-refractivity contribution in [1.29, 1.82) is 0 Å². The molecule has 0 saturated carbocycles. The molecule has 0 aliphatic heterocycles. The number of hydrogen-bond acceptors (Lipinski definition) is 1. The first-order valence-corrected chi connectivity index (χ1v) is 6.61. The molecule has 1 aromatic rings. The molecule has 1 aromatic carbocycles. The molecule has 0 heterocycles. The summed E-state index contributed by atoms with van der Waals surface area (Å²) >= 11 is 0. The largest absolute Gasteiger partial charge is 0.346 e. The highest BCUT2D eigenvalue weighted by atomic mass is 31.1. The van der Waals surface area contributed by atoms with Crippen LogP contribution in [0.15, 0.2) is 30.3 Å². The number of aryl methyl sites for hydroxylation is 1. The van der Waals surface area contributed by atoms with Crippen molar-refractivity contribution in [2.75, 3.05) is 6.16 Å². The summed E-state index contributed by atoms with van der Waals surface area (Å²) in [6, 6.07) is 10.3. The second-order valence-corrected chi connectivity index (χ2v) is 4.73. The second-order valence-electron chi connectivity index (χ2n) is 3.44. The van der Waals surface area contributed by atoms with Gasteiger partial charge in [0, 0.05) is 6.16 Å². The van der Waals surface area contributed by atoms with Crippen molar-refractivity contribution in [1.82, 2.24) is 0 Å². The minimum Gasteiger partial charge on any atom is -0.346 e. The normalized spacial score (nSPS) is 12.6. The third-order valence-corrected chi connectivity index (χ3v) is 2.98. The van der Waals surface area contributed by atoms with Crippen molar-refractivity contribution in [2.24, 2.45) is 0 Å². The molecule has 1 rings (SSSR count). The monoisotopic (exact) mass is 212 g/mol. The van der Waals surface area contributed by atoms with E-state index >= 15 is 0 Å². The first-order valence-electron chi connectivity index (χ1n) is 5.05. The van der Waals surface area contributed by atoms with Crippen LogP contribution in [0.5, 0.6) is 0 Å². The van der Waals surface area contributed by atoms with Crippen molar-refractivity contribution in [3.63, 3.8) is 0 Å². The van der Waals surface area contributed by atoms with Crippen molar-refractivity contribution in [2.45, 2.75) is 25.7 Å². The van der Waals surface area contributed by atoms with Crippen LogP contribution in [-0.2, 0) is 11.0 Å². The minimum absolute atomic E-state index is 0.486. The summed E-state index contributed by atoms with van der Waals surface area (Å²) in [5, 5.41) is 0. The Hall–Kier alpha value is -0.590. The molecule has 0 amide bonds. The molecule has 1 N–H and O–H groups in total. The topological polar surface area (TPSA) is 37.3 Å². The van der Waals surface area contributed by atoms with Crippen LogP contribution in [0.4, 0.5) is 0 Å². The summed E-state index contributed by atoms with van der Waals surface area (Å²) in [6.45, 7) is 0. The Morgan fingerprint density at radius 1 is 1.07 bits per heavy atom. The average Bonchev–Trinajstić information content (AvgIpc) is 2.18. The molecular weight excluding hydrogens is 195 g/mol. The molecule has 0 aliphatic rings. The van der Waals surface area contributed by atoms with Gasteiger partial charge < -0.3 is 4.89 Å². The number of unbranched alkanes of at least 4 members (excludes halogenated alkanes) is 2. The highest BCUT2D eigenvalue weighted by Gasteiger charge is 1.95. The highest BCUT2D eigenvalue weighted by molar-refractivity contribution is 7.37. The Labute approximate surface area is 85.8 Å². The zero-order valence-corrected chi connectivity index (χ0v) is 9.28. The minimum atomic E-state index is -2.23. The van der Waals surface area contributed by atoms with Crippen molar-refractivity contribution in [3.8, 4) is 0 Å². The van der Waals surface area contributed by atoms with E-state index in [1.807, 2.05) is 18.2 Å². The molecule has 0 spiro atoms. The van der Waals surface area contributed by atoms with E-state index in [-0.39, 0.29) is 0 Å². The van der Waals surface area contributed by atoms with E-state index in [4.69, 9.17) is 4.89 Å².